The molecule has 0 radical (unpaired) electrons. The number of aliphatic carboxylic acids is 2. The molecule has 28 heavy (non-hydrogen) atoms. The van der Waals surface area contributed by atoms with E-state index in [1.54, 1.807) is 11.8 Å². The van der Waals surface area contributed by atoms with Crippen LogP contribution in [0, 0.1) is 5.92 Å². The number of carboxylic acids is 2. The summed E-state index contributed by atoms with van der Waals surface area (Å²) in [5.41, 5.74) is -0.506. The average Bonchev–Trinajstić information content (AvgIpc) is 2.59. The summed E-state index contributed by atoms with van der Waals surface area (Å²) in [5, 5.41) is 32.5. The zero-order chi connectivity index (χ0) is 22.1. The van der Waals surface area contributed by atoms with Gasteiger partial charge in [-0.05, 0) is 40.5 Å². The second-order valence-electron chi connectivity index (χ2n) is 7.08. The van der Waals surface area contributed by atoms with E-state index in [4.69, 9.17) is 29.9 Å². The molecular weight excluding hydrogens is 378 g/mol. The molecule has 1 aliphatic heterocycles. The van der Waals surface area contributed by atoms with Gasteiger partial charge < -0.3 is 34.8 Å². The minimum absolute atomic E-state index is 0.216. The minimum Gasteiger partial charge on any atom is -0.479 e. The molecule has 1 rings (SSSR count). The maximum Gasteiger partial charge on any atom is 0.410 e. The number of ether oxygens (including phenoxy) is 2. The molecule has 0 spiro atoms. The van der Waals surface area contributed by atoms with Crippen LogP contribution in [-0.2, 0) is 23.9 Å². The maximum absolute atomic E-state index is 11.9. The molecule has 1 amide bonds. The van der Waals surface area contributed by atoms with E-state index in [0.29, 0.717) is 19.7 Å². The number of likely N-dealkylation sites (tertiary alicyclic amines) is 1. The summed E-state index contributed by atoms with van der Waals surface area (Å²) in [7, 11) is 0. The third kappa shape index (κ3) is 9.51. The number of aliphatic hydroxyl groups is 2. The van der Waals surface area contributed by atoms with Crippen LogP contribution in [0.15, 0.2) is 0 Å². The summed E-state index contributed by atoms with van der Waals surface area (Å²) in [6.07, 6.45) is -3.30. The van der Waals surface area contributed by atoms with Gasteiger partial charge in [-0.2, -0.15) is 0 Å². The van der Waals surface area contributed by atoms with E-state index in [0.717, 1.165) is 12.8 Å². The van der Waals surface area contributed by atoms with Crippen LogP contribution in [0.25, 0.3) is 0 Å². The molecule has 3 atom stereocenters. The summed E-state index contributed by atoms with van der Waals surface area (Å²) in [6.45, 7) is 8.69. The van der Waals surface area contributed by atoms with Crippen LogP contribution in [0.2, 0.25) is 0 Å². The fraction of sp³-hybridized carbons (Fsp3) is 0.765. The SMILES string of the molecule is CCOC(=O)[C@@H]1CCCN(C(=O)OC(C)(C)C)C1.O=C(O)[C@H](O)[C@@H](O)C(=O)O. The van der Waals surface area contributed by atoms with Gasteiger partial charge in [-0.1, -0.05) is 0 Å². The van der Waals surface area contributed by atoms with Gasteiger partial charge >= 0.3 is 24.0 Å². The average molecular weight is 407 g/mol. The lowest BCUT2D eigenvalue weighted by molar-refractivity contribution is -0.165. The molecule has 0 unspecified atom stereocenters. The number of hydrogen-bond acceptors (Lipinski definition) is 8. The van der Waals surface area contributed by atoms with Crippen molar-refractivity contribution in [1.29, 1.82) is 0 Å². The molecule has 0 aromatic carbocycles. The first-order chi connectivity index (χ1) is 12.8. The summed E-state index contributed by atoms with van der Waals surface area (Å²) in [6, 6.07) is 0. The largest absolute Gasteiger partial charge is 0.479 e. The summed E-state index contributed by atoms with van der Waals surface area (Å²) >= 11 is 0. The van der Waals surface area contributed by atoms with Crippen LogP contribution in [0.1, 0.15) is 40.5 Å². The Morgan fingerprint density at radius 2 is 1.57 bits per heavy atom. The van der Waals surface area contributed by atoms with Gasteiger partial charge in [0.05, 0.1) is 12.5 Å². The summed E-state index contributed by atoms with van der Waals surface area (Å²) in [5.74, 6) is -3.97. The zero-order valence-corrected chi connectivity index (χ0v) is 16.5. The molecule has 11 nitrogen and oxygen atoms in total. The molecule has 4 N–H and O–H groups in total. The number of carbonyl (C=O) groups excluding carboxylic acids is 2. The van der Waals surface area contributed by atoms with Gasteiger partial charge in [0.15, 0.2) is 12.2 Å². The predicted octanol–water partition coefficient (Wildman–Crippen LogP) is 0.0740. The Bertz CT molecular complexity index is 539. The standard InChI is InChI=1S/C13H23NO4.C4H6O6/c1-5-17-11(15)10-7-6-8-14(9-10)12(16)18-13(2,3)4;5-1(3(7)8)2(6)4(9)10/h10H,5-9H2,1-4H3;1-2,5-6H,(H,7,8)(H,9,10)/t10-;1-,2-/m11/s1. The molecule has 0 aromatic heterocycles. The number of hydrogen-bond donors (Lipinski definition) is 4. The number of carbonyl (C=O) groups is 4. The van der Waals surface area contributed by atoms with Crippen molar-refractivity contribution >= 4 is 24.0 Å². The normalized spacial score (nSPS) is 18.8. The van der Waals surface area contributed by atoms with Crippen LogP contribution < -0.4 is 0 Å². The lowest BCUT2D eigenvalue weighted by Gasteiger charge is -2.33. The van der Waals surface area contributed by atoms with Crippen LogP contribution in [-0.4, -0.2) is 86.8 Å². The highest BCUT2D eigenvalue weighted by Gasteiger charge is 2.31. The van der Waals surface area contributed by atoms with Gasteiger partial charge in [-0.25, -0.2) is 14.4 Å². The van der Waals surface area contributed by atoms with Crippen molar-refractivity contribution in [3.63, 3.8) is 0 Å². The van der Waals surface area contributed by atoms with Gasteiger partial charge in [-0.15, -0.1) is 0 Å². The van der Waals surface area contributed by atoms with Crippen molar-refractivity contribution in [2.75, 3.05) is 19.7 Å². The van der Waals surface area contributed by atoms with Gasteiger partial charge in [0.2, 0.25) is 0 Å². The molecular formula is C17H29NO10. The number of esters is 1. The number of carboxylic acid groups (broad SMARTS) is 2. The maximum atomic E-state index is 11.9. The Balaban J connectivity index is 0.000000621. The van der Waals surface area contributed by atoms with Gasteiger partial charge in [0, 0.05) is 13.1 Å². The molecule has 1 heterocycles. The first-order valence-electron chi connectivity index (χ1n) is 8.76. The molecule has 11 heteroatoms. The highest BCUT2D eigenvalue weighted by molar-refractivity contribution is 5.83. The molecule has 1 aliphatic rings. The van der Waals surface area contributed by atoms with Crippen molar-refractivity contribution in [2.45, 2.75) is 58.3 Å². The molecule has 1 fully saturated rings. The van der Waals surface area contributed by atoms with Crippen molar-refractivity contribution in [3.8, 4) is 0 Å². The fourth-order valence-electron chi connectivity index (χ4n) is 2.19. The lowest BCUT2D eigenvalue weighted by Crippen LogP contribution is -2.45. The molecule has 0 saturated carbocycles. The molecule has 0 aliphatic carbocycles. The second-order valence-corrected chi connectivity index (χ2v) is 7.08. The quantitative estimate of drug-likeness (QED) is 0.457. The Kier molecular flexibility index (Phi) is 10.5. The Morgan fingerprint density at radius 1 is 1.07 bits per heavy atom. The van der Waals surface area contributed by atoms with Crippen LogP contribution >= 0.6 is 0 Å². The smallest absolute Gasteiger partial charge is 0.410 e. The predicted molar refractivity (Wildman–Crippen MR) is 94.4 cm³/mol. The van der Waals surface area contributed by atoms with Gasteiger partial charge in [0.25, 0.3) is 0 Å². The molecule has 1 saturated heterocycles. The van der Waals surface area contributed by atoms with E-state index < -0.39 is 29.7 Å². The van der Waals surface area contributed by atoms with E-state index in [1.807, 2.05) is 20.8 Å². The topological polar surface area (TPSA) is 171 Å². The number of nitrogens with zero attached hydrogens (tertiary/aromatic N) is 1. The number of amides is 1. The van der Waals surface area contributed by atoms with E-state index in [-0.39, 0.29) is 18.0 Å². The zero-order valence-electron chi connectivity index (χ0n) is 16.5. The Labute approximate surface area is 162 Å². The van der Waals surface area contributed by atoms with Crippen LogP contribution in [0.4, 0.5) is 4.79 Å². The summed E-state index contributed by atoms with van der Waals surface area (Å²) < 4.78 is 10.3. The molecule has 0 aromatic rings. The van der Waals surface area contributed by atoms with E-state index in [9.17, 15) is 19.2 Å². The van der Waals surface area contributed by atoms with Crippen LogP contribution in [0.3, 0.4) is 0 Å². The van der Waals surface area contributed by atoms with E-state index in [1.165, 1.54) is 0 Å². The second kappa shape index (κ2) is 11.4. The third-order valence-corrected chi connectivity index (χ3v) is 3.50. The fourth-order valence-corrected chi connectivity index (χ4v) is 2.19. The van der Waals surface area contributed by atoms with E-state index in [2.05, 4.69) is 0 Å². The first kappa shape index (κ1) is 25.6. The lowest BCUT2D eigenvalue weighted by atomic mass is 9.98. The molecule has 162 valence electrons. The number of rotatable bonds is 5. The third-order valence-electron chi connectivity index (χ3n) is 3.50. The van der Waals surface area contributed by atoms with Crippen molar-refractivity contribution in [3.05, 3.63) is 0 Å². The Morgan fingerprint density at radius 3 is 1.96 bits per heavy atom. The first-order valence-corrected chi connectivity index (χ1v) is 8.76. The van der Waals surface area contributed by atoms with Crippen molar-refractivity contribution in [1.82, 2.24) is 4.90 Å². The van der Waals surface area contributed by atoms with Gasteiger partial charge in [0.1, 0.15) is 5.60 Å². The minimum atomic E-state index is -2.27. The Hall–Kier alpha value is -2.40. The van der Waals surface area contributed by atoms with Crippen molar-refractivity contribution in [2.24, 2.45) is 5.92 Å². The van der Waals surface area contributed by atoms with Crippen LogP contribution in [0.5, 0.6) is 0 Å². The highest BCUT2D eigenvalue weighted by atomic mass is 16.6. The molecule has 0 bridgehead atoms. The van der Waals surface area contributed by atoms with Gasteiger partial charge in [-0.3, -0.25) is 4.79 Å². The highest BCUT2D eigenvalue weighted by Crippen LogP contribution is 2.20. The monoisotopic (exact) mass is 407 g/mol. The van der Waals surface area contributed by atoms with E-state index >= 15 is 0 Å². The van der Waals surface area contributed by atoms with Crippen molar-refractivity contribution < 1.29 is 49.1 Å². The number of aliphatic hydroxyl groups excluding tert-OH is 2. The number of piperidine rings is 1. The summed E-state index contributed by atoms with van der Waals surface area (Å²) in [4.78, 5) is 44.7.